The van der Waals surface area contributed by atoms with Crippen LogP contribution in [0.25, 0.3) is 0 Å². The van der Waals surface area contributed by atoms with E-state index in [9.17, 15) is 19.2 Å². The molecule has 2 unspecified atom stereocenters. The highest BCUT2D eigenvalue weighted by atomic mass is 35.5. The maximum Gasteiger partial charge on any atom is 0.348 e. The average Bonchev–Trinajstić information content (AvgIpc) is 3.16. The molecule has 1 fully saturated rings. The van der Waals surface area contributed by atoms with E-state index in [1.54, 1.807) is 0 Å². The smallest absolute Gasteiger partial charge is 0.348 e. The summed E-state index contributed by atoms with van der Waals surface area (Å²) in [6, 6.07) is 5.35. The summed E-state index contributed by atoms with van der Waals surface area (Å²) in [5, 5.41) is 2.15. The Morgan fingerprint density at radius 2 is 1.86 bits per heavy atom. The van der Waals surface area contributed by atoms with E-state index in [1.165, 1.54) is 23.1 Å². The summed E-state index contributed by atoms with van der Waals surface area (Å²) in [7, 11) is 23.0. The van der Waals surface area contributed by atoms with E-state index >= 15 is 8.78 Å². The van der Waals surface area contributed by atoms with Gasteiger partial charge in [-0.15, -0.1) is 0 Å². The van der Waals surface area contributed by atoms with Gasteiger partial charge in [-0.05, 0) is 29.7 Å². The van der Waals surface area contributed by atoms with Crippen molar-refractivity contribution in [3.8, 4) is 0 Å². The molecule has 8 radical (unpaired) electrons. The van der Waals surface area contributed by atoms with Crippen LogP contribution in [0.15, 0.2) is 30.3 Å². The summed E-state index contributed by atoms with van der Waals surface area (Å²) in [6.07, 6.45) is 0.268. The van der Waals surface area contributed by atoms with Crippen LogP contribution in [0.1, 0.15) is 45.8 Å². The first-order chi connectivity index (χ1) is 16.8. The third-order valence-corrected chi connectivity index (χ3v) is 6.59. The van der Waals surface area contributed by atoms with Crippen LogP contribution in [0.4, 0.5) is 8.78 Å². The molecule has 2 aromatic carbocycles. The van der Waals surface area contributed by atoms with Crippen molar-refractivity contribution in [2.24, 2.45) is 0 Å². The minimum atomic E-state index is -4.18. The number of nitrogens with one attached hydrogen (secondary N) is 1. The van der Waals surface area contributed by atoms with Crippen molar-refractivity contribution in [2.75, 3.05) is 0 Å². The molecule has 1 saturated heterocycles. The maximum absolute atomic E-state index is 15.0. The number of imide groups is 1. The highest BCUT2D eigenvalue weighted by molar-refractivity contribution is 6.55. The van der Waals surface area contributed by atoms with E-state index in [-0.39, 0.29) is 45.8 Å². The zero-order valence-electron chi connectivity index (χ0n) is 18.6. The molecule has 0 spiro atoms. The van der Waals surface area contributed by atoms with Gasteiger partial charge in [-0.2, -0.15) is 8.78 Å². The maximum atomic E-state index is 15.0. The van der Waals surface area contributed by atoms with Crippen LogP contribution in [0.2, 0.25) is 5.02 Å². The lowest BCUT2D eigenvalue weighted by Crippen LogP contribution is -2.52. The molecule has 174 valence electrons. The first kappa shape index (κ1) is 26.0. The minimum absolute atomic E-state index is 0.0241. The van der Waals surface area contributed by atoms with Crippen molar-refractivity contribution in [2.45, 2.75) is 37.3 Å². The van der Waals surface area contributed by atoms with Gasteiger partial charge in [0.2, 0.25) is 19.8 Å². The second-order valence-corrected chi connectivity index (χ2v) is 8.88. The Morgan fingerprint density at radius 1 is 1.17 bits per heavy atom. The summed E-state index contributed by atoms with van der Waals surface area (Å²) >= 11 is 5.79. The van der Waals surface area contributed by atoms with Crippen molar-refractivity contribution >= 4 is 77.7 Å². The summed E-state index contributed by atoms with van der Waals surface area (Å²) in [5.41, 5.74) is -0.843. The number of rotatable bonds is 5. The van der Waals surface area contributed by atoms with Crippen LogP contribution in [0.3, 0.4) is 0 Å². The predicted octanol–water partition coefficient (Wildman–Crippen LogP) is -0.440. The third kappa shape index (κ3) is 4.34. The Balaban J connectivity index is 1.55. The Hall–Kier alpha value is -3.07. The van der Waals surface area contributed by atoms with E-state index < -0.39 is 52.6 Å². The Labute approximate surface area is 215 Å². The molecule has 4 rings (SSSR count). The monoisotopic (exact) mass is 501 g/mol. The lowest BCUT2D eigenvalue weighted by molar-refractivity contribution is -0.154. The number of amides is 4. The normalized spacial score (nSPS) is 18.6. The molecule has 14 heteroatoms. The molecule has 0 saturated carbocycles. The number of carbonyl (C=O) groups excluding carboxylic acids is 4. The molecule has 2 aliphatic heterocycles. The summed E-state index contributed by atoms with van der Waals surface area (Å²) in [5.74, 6) is -8.95. The van der Waals surface area contributed by atoms with Crippen LogP contribution < -0.4 is 16.2 Å². The zero-order valence-corrected chi connectivity index (χ0v) is 19.4. The number of piperidine rings is 1. The first-order valence-electron chi connectivity index (χ1n) is 10.7. The van der Waals surface area contributed by atoms with Crippen molar-refractivity contribution in [3.63, 3.8) is 0 Å². The topological polar surface area (TPSA) is 86.8 Å². The standard InChI is InChI=1S/C22H14B4ClF2N3O4/c23-16-12(3-4-13(27)17(16)24)22(28,29)21(36)32(26)18(25)9-1-2-11-10(7-9)8-31(20(11)35)14-5-6-15(33)30-19(14)34/h1-4,7,14,18H,5-6,8H2,(H,30,33,34). The molecule has 2 aromatic rings. The fourth-order valence-corrected chi connectivity index (χ4v) is 4.39. The quantitative estimate of drug-likeness (QED) is 0.445. The van der Waals surface area contributed by atoms with Crippen molar-refractivity contribution < 1.29 is 28.0 Å². The van der Waals surface area contributed by atoms with E-state index in [0.29, 0.717) is 5.56 Å². The first-order valence-corrected chi connectivity index (χ1v) is 11.1. The molecule has 4 amide bonds. The third-order valence-electron chi connectivity index (χ3n) is 6.26. The predicted molar refractivity (Wildman–Crippen MR) is 130 cm³/mol. The highest BCUT2D eigenvalue weighted by Crippen LogP contribution is 2.33. The number of halogens is 3. The largest absolute Gasteiger partial charge is 0.393 e. The summed E-state index contributed by atoms with van der Waals surface area (Å²) in [6.45, 7) is 0.0241. The van der Waals surface area contributed by atoms with Gasteiger partial charge in [0.1, 0.15) is 29.6 Å². The van der Waals surface area contributed by atoms with Gasteiger partial charge < -0.3 is 9.71 Å². The second kappa shape index (κ2) is 9.42. The fraction of sp³-hybridized carbons (Fsp3) is 0.273. The van der Waals surface area contributed by atoms with E-state index in [2.05, 4.69) is 5.32 Å². The lowest BCUT2D eigenvalue weighted by Gasteiger charge is -2.31. The van der Waals surface area contributed by atoms with Gasteiger partial charge in [0, 0.05) is 35.1 Å². The van der Waals surface area contributed by atoms with Crippen molar-refractivity contribution in [1.82, 2.24) is 15.0 Å². The molecule has 36 heavy (non-hydrogen) atoms. The number of benzene rings is 2. The molecular formula is C22H14B4ClF2N3O4. The van der Waals surface area contributed by atoms with Gasteiger partial charge in [-0.3, -0.25) is 24.5 Å². The second-order valence-electron chi connectivity index (χ2n) is 8.47. The summed E-state index contributed by atoms with van der Waals surface area (Å²) in [4.78, 5) is 50.6. The Bertz CT molecular complexity index is 1310. The molecule has 0 aromatic heterocycles. The van der Waals surface area contributed by atoms with E-state index in [0.717, 1.165) is 12.1 Å². The summed E-state index contributed by atoms with van der Waals surface area (Å²) < 4.78 is 30.0. The molecule has 2 heterocycles. The number of fused-ring (bicyclic) bond motifs is 1. The minimum Gasteiger partial charge on any atom is -0.393 e. The Kier molecular flexibility index (Phi) is 6.81. The van der Waals surface area contributed by atoms with Crippen molar-refractivity contribution in [3.05, 3.63) is 57.6 Å². The van der Waals surface area contributed by atoms with E-state index in [1.807, 2.05) is 0 Å². The van der Waals surface area contributed by atoms with Gasteiger partial charge in [-0.25, -0.2) is 0 Å². The lowest BCUT2D eigenvalue weighted by atomic mass is 9.75. The zero-order chi connectivity index (χ0) is 26.5. The van der Waals surface area contributed by atoms with Gasteiger partial charge in [0.25, 0.3) is 11.8 Å². The number of hydrogen-bond acceptors (Lipinski definition) is 4. The Morgan fingerprint density at radius 3 is 2.53 bits per heavy atom. The van der Waals surface area contributed by atoms with Crippen molar-refractivity contribution in [1.29, 1.82) is 0 Å². The fourth-order valence-electron chi connectivity index (χ4n) is 4.23. The van der Waals surface area contributed by atoms with Crippen LogP contribution in [0.5, 0.6) is 0 Å². The average molecular weight is 501 g/mol. The van der Waals surface area contributed by atoms with Gasteiger partial charge in [-0.1, -0.05) is 40.7 Å². The molecule has 7 nitrogen and oxygen atoms in total. The molecule has 0 bridgehead atoms. The number of nitrogens with zero attached hydrogens (tertiary/aromatic N) is 2. The molecule has 1 N–H and O–H groups in total. The molecule has 2 aliphatic rings. The van der Waals surface area contributed by atoms with Crippen LogP contribution in [-0.4, -0.2) is 70.9 Å². The highest BCUT2D eigenvalue weighted by Gasteiger charge is 2.45. The number of carbonyl (C=O) groups is 4. The van der Waals surface area contributed by atoms with Crippen LogP contribution in [0, 0.1) is 0 Å². The molecule has 2 atom stereocenters. The van der Waals surface area contributed by atoms with Gasteiger partial charge in [0.15, 0.2) is 0 Å². The SMILES string of the molecule is [B]c1c(Cl)ccc(C(F)(F)C(=O)N([B])C([B])c2ccc3c(c2)CN(C2CCC(=O)NC2=O)C3=O)c1[B]. The number of alkyl halides is 2. The molecule has 0 aliphatic carbocycles. The number of hydrogen-bond donors (Lipinski definition) is 1. The van der Waals surface area contributed by atoms with Gasteiger partial charge in [0.05, 0.1) is 0 Å². The molecular weight excluding hydrogens is 487 g/mol. The van der Waals surface area contributed by atoms with Gasteiger partial charge >= 0.3 is 5.92 Å². The van der Waals surface area contributed by atoms with E-state index in [4.69, 9.17) is 43.1 Å². The van der Waals surface area contributed by atoms with Crippen LogP contribution >= 0.6 is 11.6 Å². The van der Waals surface area contributed by atoms with Crippen LogP contribution in [-0.2, 0) is 26.9 Å².